The van der Waals surface area contributed by atoms with Crippen LogP contribution in [-0.4, -0.2) is 51.4 Å². The van der Waals surface area contributed by atoms with Gasteiger partial charge < -0.3 is 20.3 Å². The Kier molecular flexibility index (Phi) is 6.11. The van der Waals surface area contributed by atoms with E-state index in [-0.39, 0.29) is 19.1 Å². The van der Waals surface area contributed by atoms with Gasteiger partial charge in [0.15, 0.2) is 11.4 Å². The lowest BCUT2D eigenvalue weighted by atomic mass is 9.90. The van der Waals surface area contributed by atoms with Crippen molar-refractivity contribution in [3.8, 4) is 5.75 Å². The van der Waals surface area contributed by atoms with Crippen LogP contribution in [-0.2, 0) is 0 Å². The van der Waals surface area contributed by atoms with Crippen LogP contribution in [0, 0.1) is 12.8 Å². The zero-order chi connectivity index (χ0) is 18.5. The highest BCUT2D eigenvalue weighted by atomic mass is 16.5. The third-order valence-electron chi connectivity index (χ3n) is 4.98. The number of hydrogen-bond acceptors (Lipinski definition) is 5. The molecule has 3 rings (SSSR count). The molecule has 2 aromatic heterocycles. The fourth-order valence-electron chi connectivity index (χ4n) is 3.51. The van der Waals surface area contributed by atoms with Crippen molar-refractivity contribution in [2.24, 2.45) is 5.92 Å². The zero-order valence-corrected chi connectivity index (χ0v) is 15.1. The summed E-state index contributed by atoms with van der Waals surface area (Å²) in [5.74, 6) is 0.867. The molecule has 1 saturated carbocycles. The number of aliphatic hydroxyl groups excluding tert-OH is 2. The Morgan fingerprint density at radius 2 is 2.08 bits per heavy atom. The number of aromatic nitrogens is 2. The van der Waals surface area contributed by atoms with E-state index >= 15 is 0 Å². The van der Waals surface area contributed by atoms with E-state index in [1.165, 1.54) is 32.1 Å². The van der Waals surface area contributed by atoms with Crippen LogP contribution >= 0.6 is 0 Å². The molecule has 0 radical (unpaired) electrons. The molecule has 142 valence electrons. The number of ether oxygens (including phenoxy) is 1. The van der Waals surface area contributed by atoms with Gasteiger partial charge in [0.25, 0.3) is 5.91 Å². The molecule has 0 saturated heterocycles. The van der Waals surface area contributed by atoms with Crippen molar-refractivity contribution in [3.05, 3.63) is 29.7 Å². The molecule has 0 bridgehead atoms. The standard InChI is InChI=1S/C19H27N3O4/c1-13-17(19(25)21-15(10-23)11-24)22-9-5-8-16(18(22)20-13)26-12-14-6-3-2-4-7-14/h5,8-9,14-15,23-24H,2-4,6-7,10-12H2,1H3,(H,21,25). The largest absolute Gasteiger partial charge is 0.489 e. The number of aryl methyl sites for hydroxylation is 1. The third kappa shape index (κ3) is 3.99. The maximum absolute atomic E-state index is 12.6. The first-order valence-electron chi connectivity index (χ1n) is 9.27. The summed E-state index contributed by atoms with van der Waals surface area (Å²) in [6.07, 6.45) is 8.02. The van der Waals surface area contributed by atoms with Crippen molar-refractivity contribution in [2.75, 3.05) is 19.8 Å². The summed E-state index contributed by atoms with van der Waals surface area (Å²) in [4.78, 5) is 17.1. The van der Waals surface area contributed by atoms with Crippen molar-refractivity contribution in [2.45, 2.75) is 45.1 Å². The second-order valence-electron chi connectivity index (χ2n) is 6.96. The van der Waals surface area contributed by atoms with E-state index in [9.17, 15) is 15.0 Å². The lowest BCUT2D eigenvalue weighted by molar-refractivity contribution is 0.0873. The van der Waals surface area contributed by atoms with Gasteiger partial charge in [-0.25, -0.2) is 4.98 Å². The topological polar surface area (TPSA) is 96.1 Å². The molecule has 1 aliphatic rings. The lowest BCUT2D eigenvalue weighted by Gasteiger charge is -2.21. The van der Waals surface area contributed by atoms with Crippen LogP contribution in [0.5, 0.6) is 5.75 Å². The van der Waals surface area contributed by atoms with Crippen molar-refractivity contribution >= 4 is 11.6 Å². The number of carbonyl (C=O) groups is 1. The number of nitrogens with zero attached hydrogens (tertiary/aromatic N) is 2. The Bertz CT molecular complexity index is 749. The highest BCUT2D eigenvalue weighted by molar-refractivity contribution is 5.95. The van der Waals surface area contributed by atoms with E-state index in [4.69, 9.17) is 4.74 Å². The molecule has 0 spiro atoms. The molecule has 1 amide bonds. The minimum atomic E-state index is -0.696. The molecule has 3 N–H and O–H groups in total. The summed E-state index contributed by atoms with van der Waals surface area (Å²) in [6.45, 7) is 1.78. The number of rotatable bonds is 7. The van der Waals surface area contributed by atoms with Crippen LogP contribution in [0.25, 0.3) is 5.65 Å². The molecule has 0 unspecified atom stereocenters. The van der Waals surface area contributed by atoms with Gasteiger partial charge in [-0.1, -0.05) is 19.3 Å². The molecular weight excluding hydrogens is 334 g/mol. The number of aliphatic hydroxyl groups is 2. The minimum absolute atomic E-state index is 0.326. The van der Waals surface area contributed by atoms with Crippen molar-refractivity contribution < 1.29 is 19.7 Å². The first-order chi connectivity index (χ1) is 12.6. The van der Waals surface area contributed by atoms with E-state index < -0.39 is 6.04 Å². The second-order valence-corrected chi connectivity index (χ2v) is 6.96. The molecule has 0 atom stereocenters. The van der Waals surface area contributed by atoms with Gasteiger partial charge in [0.05, 0.1) is 31.6 Å². The molecular formula is C19H27N3O4. The lowest BCUT2D eigenvalue weighted by Crippen LogP contribution is -2.40. The number of pyridine rings is 1. The zero-order valence-electron chi connectivity index (χ0n) is 15.1. The SMILES string of the molecule is Cc1nc2c(OCC3CCCCC3)cccn2c1C(=O)NC(CO)CO. The number of hydrogen-bond donors (Lipinski definition) is 3. The highest BCUT2D eigenvalue weighted by Gasteiger charge is 2.21. The Labute approximate surface area is 153 Å². The summed E-state index contributed by atoms with van der Waals surface area (Å²) in [6, 6.07) is 3.01. The fourth-order valence-corrected chi connectivity index (χ4v) is 3.51. The molecule has 1 fully saturated rings. The van der Waals surface area contributed by atoms with E-state index in [0.29, 0.717) is 35.3 Å². The number of fused-ring (bicyclic) bond motifs is 1. The third-order valence-corrected chi connectivity index (χ3v) is 4.98. The number of nitrogens with one attached hydrogen (secondary N) is 1. The fraction of sp³-hybridized carbons (Fsp3) is 0.579. The van der Waals surface area contributed by atoms with Gasteiger partial charge in [-0.05, 0) is 37.8 Å². The summed E-state index contributed by atoms with van der Waals surface area (Å²) in [5, 5.41) is 21.0. The van der Waals surface area contributed by atoms with Crippen molar-refractivity contribution in [1.82, 2.24) is 14.7 Å². The van der Waals surface area contributed by atoms with E-state index in [1.54, 1.807) is 17.5 Å². The Hall–Kier alpha value is -2.12. The van der Waals surface area contributed by atoms with Crippen LogP contribution in [0.15, 0.2) is 18.3 Å². The monoisotopic (exact) mass is 361 g/mol. The predicted molar refractivity (Wildman–Crippen MR) is 97.4 cm³/mol. The van der Waals surface area contributed by atoms with Crippen molar-refractivity contribution in [1.29, 1.82) is 0 Å². The van der Waals surface area contributed by atoms with Crippen molar-refractivity contribution in [3.63, 3.8) is 0 Å². The van der Waals surface area contributed by atoms with Crippen LogP contribution in [0.1, 0.15) is 48.3 Å². The van der Waals surface area contributed by atoms with Crippen LogP contribution in [0.2, 0.25) is 0 Å². The number of carbonyl (C=O) groups excluding carboxylic acids is 1. The quantitative estimate of drug-likeness (QED) is 0.697. The molecule has 0 aromatic carbocycles. The molecule has 0 aliphatic heterocycles. The number of imidazole rings is 1. The highest BCUT2D eigenvalue weighted by Crippen LogP contribution is 2.27. The van der Waals surface area contributed by atoms with Gasteiger partial charge in [-0.3, -0.25) is 9.20 Å². The molecule has 1 aliphatic carbocycles. The normalized spacial score (nSPS) is 15.5. The smallest absolute Gasteiger partial charge is 0.270 e. The summed E-state index contributed by atoms with van der Waals surface area (Å²) in [7, 11) is 0. The minimum Gasteiger partial charge on any atom is -0.489 e. The second kappa shape index (κ2) is 8.51. The van der Waals surface area contributed by atoms with Gasteiger partial charge in [-0.15, -0.1) is 0 Å². The van der Waals surface area contributed by atoms with Crippen LogP contribution in [0.4, 0.5) is 0 Å². The van der Waals surface area contributed by atoms with Crippen LogP contribution in [0.3, 0.4) is 0 Å². The molecule has 26 heavy (non-hydrogen) atoms. The Morgan fingerprint density at radius 1 is 1.35 bits per heavy atom. The molecule has 2 heterocycles. The van der Waals surface area contributed by atoms with Crippen LogP contribution < -0.4 is 10.1 Å². The Morgan fingerprint density at radius 3 is 2.77 bits per heavy atom. The predicted octanol–water partition coefficient (Wildman–Crippen LogP) is 1.68. The first-order valence-corrected chi connectivity index (χ1v) is 9.27. The summed E-state index contributed by atoms with van der Waals surface area (Å²) < 4.78 is 7.74. The summed E-state index contributed by atoms with van der Waals surface area (Å²) in [5.41, 5.74) is 1.57. The van der Waals surface area contributed by atoms with E-state index in [1.807, 2.05) is 12.1 Å². The molecule has 7 nitrogen and oxygen atoms in total. The number of amides is 1. The van der Waals surface area contributed by atoms with Gasteiger partial charge >= 0.3 is 0 Å². The Balaban J connectivity index is 1.81. The van der Waals surface area contributed by atoms with Gasteiger partial charge in [0, 0.05) is 6.20 Å². The van der Waals surface area contributed by atoms with Gasteiger partial charge in [-0.2, -0.15) is 0 Å². The summed E-state index contributed by atoms with van der Waals surface area (Å²) >= 11 is 0. The van der Waals surface area contributed by atoms with E-state index in [2.05, 4.69) is 10.3 Å². The maximum Gasteiger partial charge on any atom is 0.270 e. The van der Waals surface area contributed by atoms with Gasteiger partial charge in [0.1, 0.15) is 5.69 Å². The molecule has 2 aromatic rings. The first kappa shape index (κ1) is 18.7. The van der Waals surface area contributed by atoms with E-state index in [0.717, 1.165) is 0 Å². The van der Waals surface area contributed by atoms with Gasteiger partial charge in [0.2, 0.25) is 0 Å². The average Bonchev–Trinajstić information content (AvgIpc) is 3.01. The average molecular weight is 361 g/mol. The maximum atomic E-state index is 12.6. The molecule has 7 heteroatoms.